The molecule has 0 bridgehead atoms. The molecule has 1 fully saturated rings. The molecule has 1 aliphatic rings. The summed E-state index contributed by atoms with van der Waals surface area (Å²) >= 11 is 7.17. The van der Waals surface area contributed by atoms with Crippen LogP contribution in [0.1, 0.15) is 18.5 Å². The highest BCUT2D eigenvalue weighted by Gasteiger charge is 2.35. The summed E-state index contributed by atoms with van der Waals surface area (Å²) in [4.78, 5) is 14.5. The lowest BCUT2D eigenvalue weighted by molar-refractivity contribution is -0.150. The highest BCUT2D eigenvalue weighted by molar-refractivity contribution is 7.91. The maximum atomic E-state index is 12.7. The Labute approximate surface area is 168 Å². The smallest absolute Gasteiger partial charge is 0.328 e. The first-order valence-corrected chi connectivity index (χ1v) is 11.3. The summed E-state index contributed by atoms with van der Waals surface area (Å²) in [5, 5.41) is 2.34. The SMILES string of the molecule is CCOC(=O)[C@H](c1ccc(Cl)cc1)N1CCN(S(=O)(=O)c2cccs2)CC1. The molecule has 0 radical (unpaired) electrons. The van der Waals surface area contributed by atoms with Crippen molar-refractivity contribution in [1.29, 1.82) is 0 Å². The van der Waals surface area contributed by atoms with Crippen LogP contribution in [0, 0.1) is 0 Å². The van der Waals surface area contributed by atoms with E-state index in [2.05, 4.69) is 0 Å². The van der Waals surface area contributed by atoms with Crippen molar-refractivity contribution < 1.29 is 17.9 Å². The van der Waals surface area contributed by atoms with Gasteiger partial charge in [-0.05, 0) is 36.1 Å². The molecule has 0 spiro atoms. The summed E-state index contributed by atoms with van der Waals surface area (Å²) in [5.74, 6) is -0.339. The van der Waals surface area contributed by atoms with Gasteiger partial charge in [0.2, 0.25) is 0 Å². The van der Waals surface area contributed by atoms with Crippen LogP contribution in [0.2, 0.25) is 5.02 Å². The lowest BCUT2D eigenvalue weighted by Gasteiger charge is -2.37. The average Bonchev–Trinajstić information content (AvgIpc) is 3.20. The zero-order valence-corrected chi connectivity index (χ0v) is 17.3. The third-order valence-electron chi connectivity index (χ3n) is 4.42. The van der Waals surface area contributed by atoms with Crippen LogP contribution in [0.15, 0.2) is 46.0 Å². The van der Waals surface area contributed by atoms with Crippen LogP contribution in [0.4, 0.5) is 0 Å². The molecular weight excluding hydrogens is 408 g/mol. The minimum Gasteiger partial charge on any atom is -0.465 e. The van der Waals surface area contributed by atoms with E-state index >= 15 is 0 Å². The van der Waals surface area contributed by atoms with Gasteiger partial charge in [0.25, 0.3) is 10.0 Å². The van der Waals surface area contributed by atoms with Gasteiger partial charge in [0.05, 0.1) is 6.61 Å². The van der Waals surface area contributed by atoms with Gasteiger partial charge in [0, 0.05) is 31.2 Å². The molecule has 1 saturated heterocycles. The molecule has 6 nitrogen and oxygen atoms in total. The standard InChI is InChI=1S/C18H21ClN2O4S2/c1-2-25-18(22)17(14-5-7-15(19)8-6-14)20-9-11-21(12-10-20)27(23,24)16-4-3-13-26-16/h3-8,13,17H,2,9-12H2,1H3/t17-/m0/s1. The molecule has 2 aromatic rings. The second-order valence-electron chi connectivity index (χ2n) is 6.08. The molecule has 0 N–H and O–H groups in total. The van der Waals surface area contributed by atoms with Crippen molar-refractivity contribution in [3.63, 3.8) is 0 Å². The summed E-state index contributed by atoms with van der Waals surface area (Å²) < 4.78 is 32.4. The van der Waals surface area contributed by atoms with Crippen LogP contribution < -0.4 is 0 Å². The number of piperazine rings is 1. The molecule has 0 unspecified atom stereocenters. The molecule has 1 aromatic heterocycles. The lowest BCUT2D eigenvalue weighted by atomic mass is 10.0. The number of benzene rings is 1. The van der Waals surface area contributed by atoms with Crippen LogP contribution in [-0.2, 0) is 19.6 Å². The quantitative estimate of drug-likeness (QED) is 0.661. The van der Waals surface area contributed by atoms with Gasteiger partial charge in [-0.15, -0.1) is 11.3 Å². The third-order valence-corrected chi connectivity index (χ3v) is 7.95. The Morgan fingerprint density at radius 2 is 1.85 bits per heavy atom. The van der Waals surface area contributed by atoms with Crippen molar-refractivity contribution in [2.45, 2.75) is 17.2 Å². The van der Waals surface area contributed by atoms with Gasteiger partial charge in [-0.1, -0.05) is 29.8 Å². The van der Waals surface area contributed by atoms with E-state index in [0.717, 1.165) is 5.56 Å². The number of esters is 1. The van der Waals surface area contributed by atoms with Crippen molar-refractivity contribution in [1.82, 2.24) is 9.21 Å². The fraction of sp³-hybridized carbons (Fsp3) is 0.389. The zero-order valence-electron chi connectivity index (χ0n) is 14.9. The minimum absolute atomic E-state index is 0.287. The molecule has 2 heterocycles. The Bertz CT molecular complexity index is 861. The Morgan fingerprint density at radius 1 is 1.19 bits per heavy atom. The summed E-state index contributed by atoms with van der Waals surface area (Å²) in [6, 6.07) is 9.85. The molecule has 1 aliphatic heterocycles. The number of ether oxygens (including phenoxy) is 1. The van der Waals surface area contributed by atoms with E-state index < -0.39 is 16.1 Å². The Kier molecular flexibility index (Phi) is 6.54. The van der Waals surface area contributed by atoms with Crippen LogP contribution >= 0.6 is 22.9 Å². The molecule has 0 amide bonds. The van der Waals surface area contributed by atoms with Gasteiger partial charge in [0.1, 0.15) is 10.3 Å². The van der Waals surface area contributed by atoms with Gasteiger partial charge >= 0.3 is 5.97 Å². The largest absolute Gasteiger partial charge is 0.465 e. The van der Waals surface area contributed by atoms with E-state index in [1.54, 1.807) is 48.7 Å². The number of thiophene rings is 1. The van der Waals surface area contributed by atoms with Crippen molar-refractivity contribution in [3.8, 4) is 0 Å². The average molecular weight is 429 g/mol. The molecule has 1 atom stereocenters. The fourth-order valence-electron chi connectivity index (χ4n) is 3.10. The molecule has 27 heavy (non-hydrogen) atoms. The summed E-state index contributed by atoms with van der Waals surface area (Å²) in [5.41, 5.74) is 0.785. The Balaban J connectivity index is 1.76. The number of rotatable bonds is 6. The van der Waals surface area contributed by atoms with Crippen molar-refractivity contribution in [3.05, 3.63) is 52.4 Å². The number of carbonyl (C=O) groups is 1. The molecule has 1 aromatic carbocycles. The normalized spacial score (nSPS) is 17.6. The monoisotopic (exact) mass is 428 g/mol. The number of hydrogen-bond donors (Lipinski definition) is 0. The van der Waals surface area contributed by atoms with E-state index in [-0.39, 0.29) is 12.6 Å². The number of carbonyl (C=O) groups excluding carboxylic acids is 1. The Hall–Kier alpha value is -1.45. The number of hydrogen-bond acceptors (Lipinski definition) is 6. The number of nitrogens with zero attached hydrogens (tertiary/aromatic N) is 2. The number of sulfonamides is 1. The highest BCUT2D eigenvalue weighted by Crippen LogP contribution is 2.28. The fourth-order valence-corrected chi connectivity index (χ4v) is 5.79. The van der Waals surface area contributed by atoms with E-state index in [9.17, 15) is 13.2 Å². The molecule has 9 heteroatoms. The van der Waals surface area contributed by atoms with Gasteiger partial charge in [-0.2, -0.15) is 4.31 Å². The van der Waals surface area contributed by atoms with Gasteiger partial charge in [-0.3, -0.25) is 4.90 Å². The first-order valence-electron chi connectivity index (χ1n) is 8.63. The van der Waals surface area contributed by atoms with Gasteiger partial charge in [-0.25, -0.2) is 13.2 Å². The van der Waals surface area contributed by atoms with E-state index in [1.165, 1.54) is 15.6 Å². The topological polar surface area (TPSA) is 66.9 Å². The molecule has 146 valence electrons. The first kappa shape index (κ1) is 20.3. The van der Waals surface area contributed by atoms with Crippen LogP contribution in [0.5, 0.6) is 0 Å². The number of halogens is 1. The van der Waals surface area contributed by atoms with Crippen LogP contribution in [-0.4, -0.2) is 56.4 Å². The van der Waals surface area contributed by atoms with Crippen LogP contribution in [0.25, 0.3) is 0 Å². The molecule has 3 rings (SSSR count). The van der Waals surface area contributed by atoms with Crippen molar-refractivity contribution in [2.24, 2.45) is 0 Å². The van der Waals surface area contributed by atoms with Crippen molar-refractivity contribution in [2.75, 3.05) is 32.8 Å². The van der Waals surface area contributed by atoms with Crippen molar-refractivity contribution >= 4 is 38.9 Å². The lowest BCUT2D eigenvalue weighted by Crippen LogP contribution is -2.51. The predicted molar refractivity (Wildman–Crippen MR) is 105 cm³/mol. The predicted octanol–water partition coefficient (Wildman–Crippen LogP) is 3.01. The molecular formula is C18H21ClN2O4S2. The second-order valence-corrected chi connectivity index (χ2v) is 9.63. The summed E-state index contributed by atoms with van der Waals surface area (Å²) in [6.07, 6.45) is 0. The zero-order chi connectivity index (χ0) is 19.4. The van der Waals surface area contributed by atoms with E-state index in [4.69, 9.17) is 16.3 Å². The Morgan fingerprint density at radius 3 is 2.41 bits per heavy atom. The summed E-state index contributed by atoms with van der Waals surface area (Å²) in [7, 11) is -3.48. The minimum atomic E-state index is -3.48. The van der Waals surface area contributed by atoms with E-state index in [1.807, 2.05) is 4.90 Å². The summed E-state index contributed by atoms with van der Waals surface area (Å²) in [6.45, 7) is 3.58. The van der Waals surface area contributed by atoms with E-state index in [0.29, 0.717) is 35.4 Å². The highest BCUT2D eigenvalue weighted by atomic mass is 35.5. The second kappa shape index (κ2) is 8.70. The molecule has 0 saturated carbocycles. The van der Waals surface area contributed by atoms with Gasteiger partial charge < -0.3 is 4.74 Å². The maximum absolute atomic E-state index is 12.7. The molecule has 0 aliphatic carbocycles. The third kappa shape index (κ3) is 4.52. The maximum Gasteiger partial charge on any atom is 0.328 e. The van der Waals surface area contributed by atoms with Crippen LogP contribution in [0.3, 0.4) is 0 Å². The van der Waals surface area contributed by atoms with Gasteiger partial charge in [0.15, 0.2) is 0 Å². The first-order chi connectivity index (χ1) is 12.9.